The summed E-state index contributed by atoms with van der Waals surface area (Å²) in [6.45, 7) is 4.76. The van der Waals surface area contributed by atoms with Crippen molar-refractivity contribution in [2.24, 2.45) is 11.8 Å². The highest BCUT2D eigenvalue weighted by molar-refractivity contribution is 7.98. The maximum atomic E-state index is 16.3. The van der Waals surface area contributed by atoms with Crippen molar-refractivity contribution in [1.82, 2.24) is 19.9 Å². The van der Waals surface area contributed by atoms with Crippen LogP contribution in [0.3, 0.4) is 0 Å². The number of halogens is 1. The molecule has 7 rings (SSSR count). The molecule has 1 aromatic carbocycles. The van der Waals surface area contributed by atoms with E-state index in [0.717, 1.165) is 55.3 Å². The van der Waals surface area contributed by atoms with Crippen molar-refractivity contribution in [3.05, 3.63) is 36.3 Å². The lowest BCUT2D eigenvalue weighted by molar-refractivity contribution is 0.108. The number of anilines is 1. The van der Waals surface area contributed by atoms with Crippen molar-refractivity contribution in [1.29, 1.82) is 0 Å². The SMILES string of the molecule is CSc1ccccc1-c1ncc2c(N3CC4CCC(C4)C3)nc(OCC34CCCN3CCC4)nc2c1F. The van der Waals surface area contributed by atoms with E-state index in [-0.39, 0.29) is 5.54 Å². The molecule has 1 saturated carbocycles. The molecule has 1 aliphatic carbocycles. The summed E-state index contributed by atoms with van der Waals surface area (Å²) in [4.78, 5) is 20.2. The van der Waals surface area contributed by atoms with Crippen LogP contribution in [0.5, 0.6) is 6.01 Å². The van der Waals surface area contributed by atoms with Crippen LogP contribution >= 0.6 is 11.8 Å². The van der Waals surface area contributed by atoms with E-state index in [2.05, 4.69) is 14.8 Å². The first-order chi connectivity index (χ1) is 18.1. The van der Waals surface area contributed by atoms with Crippen LogP contribution in [0.25, 0.3) is 22.2 Å². The van der Waals surface area contributed by atoms with E-state index < -0.39 is 5.82 Å². The van der Waals surface area contributed by atoms with Gasteiger partial charge in [0.1, 0.15) is 23.6 Å². The number of aromatic nitrogens is 3. The quantitative estimate of drug-likeness (QED) is 0.382. The molecule has 0 N–H and O–H groups in total. The monoisotopic (exact) mass is 519 g/mol. The lowest BCUT2D eigenvalue weighted by Crippen LogP contribution is -2.43. The van der Waals surface area contributed by atoms with Gasteiger partial charge in [-0.2, -0.15) is 9.97 Å². The molecule has 2 unspecified atom stereocenters. The Bertz CT molecular complexity index is 1310. The fraction of sp³-hybridized carbons (Fsp3) is 0.552. The summed E-state index contributed by atoms with van der Waals surface area (Å²) in [6, 6.07) is 8.13. The normalized spacial score (nSPS) is 24.6. The Hall–Kier alpha value is -2.45. The zero-order valence-corrected chi connectivity index (χ0v) is 22.3. The molecule has 3 aliphatic heterocycles. The maximum Gasteiger partial charge on any atom is 0.319 e. The molecule has 37 heavy (non-hydrogen) atoms. The molecular weight excluding hydrogens is 485 g/mol. The lowest BCUT2D eigenvalue weighted by atomic mass is 9.95. The van der Waals surface area contributed by atoms with Crippen LogP contribution in [-0.4, -0.2) is 64.4 Å². The van der Waals surface area contributed by atoms with Gasteiger partial charge < -0.3 is 9.64 Å². The van der Waals surface area contributed by atoms with Crippen LogP contribution in [0.1, 0.15) is 44.9 Å². The smallest absolute Gasteiger partial charge is 0.319 e. The largest absolute Gasteiger partial charge is 0.461 e. The highest BCUT2D eigenvalue weighted by Gasteiger charge is 2.45. The molecule has 2 aromatic heterocycles. The maximum absolute atomic E-state index is 16.3. The Morgan fingerprint density at radius 2 is 1.84 bits per heavy atom. The first-order valence-corrected chi connectivity index (χ1v) is 15.0. The molecule has 2 atom stereocenters. The summed E-state index contributed by atoms with van der Waals surface area (Å²) in [5.41, 5.74) is 1.52. The molecule has 4 aliphatic rings. The summed E-state index contributed by atoms with van der Waals surface area (Å²) in [5, 5.41) is 0.679. The van der Waals surface area contributed by atoms with Gasteiger partial charge in [-0.25, -0.2) is 4.39 Å². The van der Waals surface area contributed by atoms with Crippen molar-refractivity contribution in [3.8, 4) is 17.3 Å². The minimum absolute atomic E-state index is 0.0853. The Kier molecular flexibility index (Phi) is 6.00. The predicted molar refractivity (Wildman–Crippen MR) is 146 cm³/mol. The number of ether oxygens (including phenoxy) is 1. The van der Waals surface area contributed by atoms with Crippen molar-refractivity contribution >= 4 is 28.5 Å². The van der Waals surface area contributed by atoms with Gasteiger partial charge in [0.15, 0.2) is 5.82 Å². The van der Waals surface area contributed by atoms with E-state index in [4.69, 9.17) is 14.7 Å². The van der Waals surface area contributed by atoms with Crippen LogP contribution < -0.4 is 9.64 Å². The number of hydrogen-bond acceptors (Lipinski definition) is 7. The second-order valence-electron chi connectivity index (χ2n) is 11.4. The van der Waals surface area contributed by atoms with Crippen LogP contribution in [0.4, 0.5) is 10.2 Å². The van der Waals surface area contributed by atoms with Gasteiger partial charge in [-0.1, -0.05) is 18.2 Å². The number of nitrogens with zero attached hydrogens (tertiary/aromatic N) is 5. The van der Waals surface area contributed by atoms with E-state index in [0.29, 0.717) is 41.1 Å². The second-order valence-corrected chi connectivity index (χ2v) is 12.2. The third-order valence-corrected chi connectivity index (χ3v) is 9.99. The van der Waals surface area contributed by atoms with Gasteiger partial charge in [0.2, 0.25) is 0 Å². The van der Waals surface area contributed by atoms with E-state index in [1.165, 1.54) is 32.1 Å². The van der Waals surface area contributed by atoms with E-state index >= 15 is 4.39 Å². The summed E-state index contributed by atoms with van der Waals surface area (Å²) in [7, 11) is 0. The highest BCUT2D eigenvalue weighted by atomic mass is 32.2. The van der Waals surface area contributed by atoms with Crippen LogP contribution in [0.2, 0.25) is 0 Å². The molecule has 3 saturated heterocycles. The van der Waals surface area contributed by atoms with Gasteiger partial charge in [0, 0.05) is 29.7 Å². The minimum atomic E-state index is -0.394. The number of fused-ring (bicyclic) bond motifs is 4. The molecule has 0 amide bonds. The first-order valence-electron chi connectivity index (χ1n) is 13.8. The summed E-state index contributed by atoms with van der Waals surface area (Å²) in [6.07, 6.45) is 12.3. The van der Waals surface area contributed by atoms with Crippen LogP contribution in [0, 0.1) is 17.7 Å². The van der Waals surface area contributed by atoms with Crippen LogP contribution in [0.15, 0.2) is 35.4 Å². The molecule has 6 nitrogen and oxygen atoms in total. The van der Waals surface area contributed by atoms with Crippen molar-refractivity contribution < 1.29 is 9.13 Å². The summed E-state index contributed by atoms with van der Waals surface area (Å²) in [5.74, 6) is 1.75. The number of thioether (sulfide) groups is 1. The van der Waals surface area contributed by atoms with Crippen molar-refractivity contribution in [2.75, 3.05) is 43.9 Å². The van der Waals surface area contributed by atoms with Gasteiger partial charge in [-0.05, 0) is 82.2 Å². The zero-order chi connectivity index (χ0) is 25.0. The van der Waals surface area contributed by atoms with E-state index in [1.807, 2.05) is 30.5 Å². The number of pyridine rings is 1. The van der Waals surface area contributed by atoms with Gasteiger partial charge >= 0.3 is 6.01 Å². The molecule has 194 valence electrons. The second kappa shape index (κ2) is 9.38. The Morgan fingerprint density at radius 1 is 1.08 bits per heavy atom. The first kappa shape index (κ1) is 23.7. The number of piperidine rings is 1. The fourth-order valence-electron chi connectivity index (χ4n) is 7.40. The molecule has 4 fully saturated rings. The Balaban J connectivity index is 1.31. The van der Waals surface area contributed by atoms with Gasteiger partial charge in [-0.15, -0.1) is 11.8 Å². The summed E-state index contributed by atoms with van der Waals surface area (Å²) < 4.78 is 22.6. The standard InChI is InChI=1S/C29H34FN5OS/c1-37-23-7-3-2-6-21(23)25-24(30)26-22(15-31-25)27(34-16-19-8-9-20(14-19)17-34)33-28(32-26)36-18-29-10-4-12-35(29)13-5-11-29/h2-3,6-7,15,19-20H,4-5,8-14,16-18H2,1H3. The Morgan fingerprint density at radius 3 is 2.59 bits per heavy atom. The topological polar surface area (TPSA) is 54.4 Å². The van der Waals surface area contributed by atoms with Crippen molar-refractivity contribution in [3.63, 3.8) is 0 Å². The molecule has 2 bridgehead atoms. The number of rotatable bonds is 6. The number of benzene rings is 1. The van der Waals surface area contributed by atoms with E-state index in [1.54, 1.807) is 18.0 Å². The molecule has 0 radical (unpaired) electrons. The number of hydrogen-bond donors (Lipinski definition) is 0. The van der Waals surface area contributed by atoms with Crippen molar-refractivity contribution in [2.45, 2.75) is 55.4 Å². The molecule has 0 spiro atoms. The Labute approximate surface area is 222 Å². The minimum Gasteiger partial charge on any atom is -0.461 e. The average molecular weight is 520 g/mol. The van der Waals surface area contributed by atoms with E-state index in [9.17, 15) is 0 Å². The summed E-state index contributed by atoms with van der Waals surface area (Å²) >= 11 is 1.59. The predicted octanol–water partition coefficient (Wildman–Crippen LogP) is 5.80. The van der Waals surface area contributed by atoms with Gasteiger partial charge in [-0.3, -0.25) is 9.88 Å². The molecular formula is C29H34FN5OS. The molecule has 5 heterocycles. The fourth-order valence-corrected chi connectivity index (χ4v) is 8.00. The molecule has 3 aromatic rings. The molecule has 8 heteroatoms. The van der Waals surface area contributed by atoms with Crippen LogP contribution in [-0.2, 0) is 0 Å². The average Bonchev–Trinajstić information content (AvgIpc) is 3.61. The highest BCUT2D eigenvalue weighted by Crippen LogP contribution is 2.42. The zero-order valence-electron chi connectivity index (χ0n) is 21.5. The third kappa shape index (κ3) is 4.07. The third-order valence-electron chi connectivity index (χ3n) is 9.19. The lowest BCUT2D eigenvalue weighted by Gasteiger charge is -2.34. The van der Waals surface area contributed by atoms with Gasteiger partial charge in [0.05, 0.1) is 10.9 Å². The van der Waals surface area contributed by atoms with Gasteiger partial charge in [0.25, 0.3) is 0 Å².